The zero-order chi connectivity index (χ0) is 16.2. The number of para-hydroxylation sites is 1. The van der Waals surface area contributed by atoms with Gasteiger partial charge in [-0.1, -0.05) is 12.1 Å². The first-order valence-corrected chi connectivity index (χ1v) is 8.55. The average Bonchev–Trinajstić information content (AvgIpc) is 3.10. The van der Waals surface area contributed by atoms with E-state index in [1.807, 2.05) is 38.2 Å². The number of carbonyl (C=O) groups is 1. The number of aryl methyl sites for hydroxylation is 3. The summed E-state index contributed by atoms with van der Waals surface area (Å²) in [5, 5.41) is 3.99. The first-order chi connectivity index (χ1) is 11.1. The van der Waals surface area contributed by atoms with Crippen molar-refractivity contribution in [3.05, 3.63) is 47.0 Å². The Bertz CT molecular complexity index is 768. The van der Waals surface area contributed by atoms with Crippen LogP contribution in [0.25, 0.3) is 10.2 Å². The van der Waals surface area contributed by atoms with E-state index >= 15 is 0 Å². The SMILES string of the molecule is Cc1cnc(C)n1CCNC(=O)CCc1nc2ccccc2s1. The van der Waals surface area contributed by atoms with E-state index in [9.17, 15) is 4.79 Å². The van der Waals surface area contributed by atoms with Gasteiger partial charge in [0.25, 0.3) is 0 Å². The van der Waals surface area contributed by atoms with Crippen molar-refractivity contribution < 1.29 is 4.79 Å². The van der Waals surface area contributed by atoms with Gasteiger partial charge < -0.3 is 9.88 Å². The number of hydrogen-bond donors (Lipinski definition) is 1. The molecule has 5 nitrogen and oxygen atoms in total. The molecule has 3 aromatic rings. The predicted molar refractivity (Wildman–Crippen MR) is 92.7 cm³/mol. The van der Waals surface area contributed by atoms with Gasteiger partial charge in [-0.15, -0.1) is 11.3 Å². The summed E-state index contributed by atoms with van der Waals surface area (Å²) in [4.78, 5) is 20.8. The zero-order valence-corrected chi connectivity index (χ0v) is 14.2. The van der Waals surface area contributed by atoms with Crippen LogP contribution in [0.4, 0.5) is 0 Å². The van der Waals surface area contributed by atoms with Crippen LogP contribution in [-0.2, 0) is 17.8 Å². The van der Waals surface area contributed by atoms with E-state index in [2.05, 4.69) is 25.9 Å². The van der Waals surface area contributed by atoms with Gasteiger partial charge in [0.1, 0.15) is 5.82 Å². The lowest BCUT2D eigenvalue weighted by atomic mass is 10.3. The average molecular weight is 328 g/mol. The van der Waals surface area contributed by atoms with Gasteiger partial charge in [-0.3, -0.25) is 4.79 Å². The van der Waals surface area contributed by atoms with E-state index in [1.165, 1.54) is 4.70 Å². The fraction of sp³-hybridized carbons (Fsp3) is 0.353. The van der Waals surface area contributed by atoms with E-state index in [-0.39, 0.29) is 5.91 Å². The molecule has 0 spiro atoms. The molecule has 120 valence electrons. The third-order valence-electron chi connectivity index (χ3n) is 3.82. The van der Waals surface area contributed by atoms with Crippen LogP contribution in [0.1, 0.15) is 22.9 Å². The van der Waals surface area contributed by atoms with E-state index in [0.29, 0.717) is 19.4 Å². The first kappa shape index (κ1) is 15.7. The molecule has 0 bridgehead atoms. The number of nitrogens with zero attached hydrogens (tertiary/aromatic N) is 3. The highest BCUT2D eigenvalue weighted by Crippen LogP contribution is 2.22. The van der Waals surface area contributed by atoms with Crippen molar-refractivity contribution in [1.29, 1.82) is 0 Å². The first-order valence-electron chi connectivity index (χ1n) is 7.73. The second-order valence-electron chi connectivity index (χ2n) is 5.52. The third-order valence-corrected chi connectivity index (χ3v) is 4.91. The Labute approximate surface area is 139 Å². The van der Waals surface area contributed by atoms with Crippen LogP contribution < -0.4 is 5.32 Å². The summed E-state index contributed by atoms with van der Waals surface area (Å²) in [6, 6.07) is 8.06. The molecule has 1 N–H and O–H groups in total. The fourth-order valence-corrected chi connectivity index (χ4v) is 3.53. The predicted octanol–water partition coefficient (Wildman–Crippen LogP) is 2.86. The lowest BCUT2D eigenvalue weighted by Gasteiger charge is -2.09. The number of aromatic nitrogens is 3. The molecular weight excluding hydrogens is 308 g/mol. The van der Waals surface area contributed by atoms with Gasteiger partial charge in [0.15, 0.2) is 0 Å². The van der Waals surface area contributed by atoms with E-state index < -0.39 is 0 Å². The van der Waals surface area contributed by atoms with Crippen LogP contribution in [0.15, 0.2) is 30.5 Å². The smallest absolute Gasteiger partial charge is 0.220 e. The number of hydrogen-bond acceptors (Lipinski definition) is 4. The van der Waals surface area contributed by atoms with Gasteiger partial charge in [-0.05, 0) is 26.0 Å². The van der Waals surface area contributed by atoms with Crippen LogP contribution >= 0.6 is 11.3 Å². The minimum Gasteiger partial charge on any atom is -0.354 e. The molecule has 0 aliphatic heterocycles. The second-order valence-corrected chi connectivity index (χ2v) is 6.64. The maximum absolute atomic E-state index is 12.0. The summed E-state index contributed by atoms with van der Waals surface area (Å²) in [5.41, 5.74) is 2.13. The molecule has 0 aliphatic rings. The molecule has 23 heavy (non-hydrogen) atoms. The van der Waals surface area contributed by atoms with Crippen molar-refractivity contribution in [3.8, 4) is 0 Å². The Kier molecular flexibility index (Phi) is 4.71. The maximum atomic E-state index is 12.0. The molecule has 1 amide bonds. The Morgan fingerprint density at radius 3 is 2.87 bits per heavy atom. The van der Waals surface area contributed by atoms with Crippen LogP contribution in [0.3, 0.4) is 0 Å². The molecule has 3 rings (SSSR count). The van der Waals surface area contributed by atoms with Crippen LogP contribution in [0.5, 0.6) is 0 Å². The van der Waals surface area contributed by atoms with Crippen LogP contribution in [0.2, 0.25) is 0 Å². The Balaban J connectivity index is 1.46. The number of nitrogens with one attached hydrogen (secondary N) is 1. The quantitative estimate of drug-likeness (QED) is 0.757. The molecule has 2 aromatic heterocycles. The molecule has 0 fully saturated rings. The normalized spacial score (nSPS) is 11.0. The summed E-state index contributed by atoms with van der Waals surface area (Å²) >= 11 is 1.66. The monoisotopic (exact) mass is 328 g/mol. The molecule has 0 aliphatic carbocycles. The third kappa shape index (κ3) is 3.76. The molecule has 0 saturated carbocycles. The number of amides is 1. The number of carbonyl (C=O) groups excluding carboxylic acids is 1. The molecule has 0 radical (unpaired) electrons. The van der Waals surface area contributed by atoms with Crippen LogP contribution in [-0.4, -0.2) is 27.0 Å². The van der Waals surface area contributed by atoms with Gasteiger partial charge in [0.05, 0.1) is 15.2 Å². The minimum atomic E-state index is 0.0691. The topological polar surface area (TPSA) is 59.8 Å². The molecule has 0 atom stereocenters. The fourth-order valence-electron chi connectivity index (χ4n) is 2.56. The highest BCUT2D eigenvalue weighted by atomic mass is 32.1. The minimum absolute atomic E-state index is 0.0691. The summed E-state index contributed by atoms with van der Waals surface area (Å²) in [5.74, 6) is 1.05. The van der Waals surface area contributed by atoms with Crippen molar-refractivity contribution in [2.24, 2.45) is 0 Å². The largest absolute Gasteiger partial charge is 0.354 e. The Hall–Kier alpha value is -2.21. The number of benzene rings is 1. The number of fused-ring (bicyclic) bond motifs is 1. The summed E-state index contributed by atoms with van der Waals surface area (Å²) < 4.78 is 3.28. The van der Waals surface area contributed by atoms with Crippen molar-refractivity contribution in [1.82, 2.24) is 19.9 Å². The van der Waals surface area contributed by atoms with E-state index in [4.69, 9.17) is 0 Å². The van der Waals surface area contributed by atoms with Gasteiger partial charge in [0, 0.05) is 37.8 Å². The molecule has 0 saturated heterocycles. The Morgan fingerprint density at radius 2 is 2.13 bits per heavy atom. The van der Waals surface area contributed by atoms with Gasteiger partial charge in [-0.25, -0.2) is 9.97 Å². The lowest BCUT2D eigenvalue weighted by Crippen LogP contribution is -2.27. The molecule has 1 aromatic carbocycles. The molecule has 0 unspecified atom stereocenters. The van der Waals surface area contributed by atoms with Crippen molar-refractivity contribution in [2.45, 2.75) is 33.2 Å². The van der Waals surface area contributed by atoms with Crippen molar-refractivity contribution in [2.75, 3.05) is 6.54 Å². The highest BCUT2D eigenvalue weighted by Gasteiger charge is 2.07. The van der Waals surface area contributed by atoms with Gasteiger partial charge in [0.2, 0.25) is 5.91 Å². The molecule has 6 heteroatoms. The second kappa shape index (κ2) is 6.91. The van der Waals surface area contributed by atoms with E-state index in [0.717, 1.165) is 28.6 Å². The standard InChI is InChI=1S/C17H20N4OS/c1-12-11-19-13(2)21(12)10-9-18-16(22)7-8-17-20-14-5-3-4-6-15(14)23-17/h3-6,11H,7-10H2,1-2H3,(H,18,22). The van der Waals surface area contributed by atoms with Crippen molar-refractivity contribution in [3.63, 3.8) is 0 Å². The summed E-state index contributed by atoms with van der Waals surface area (Å²) in [6.45, 7) is 5.37. The number of thiazole rings is 1. The summed E-state index contributed by atoms with van der Waals surface area (Å²) in [6.07, 6.45) is 3.01. The van der Waals surface area contributed by atoms with E-state index in [1.54, 1.807) is 11.3 Å². The highest BCUT2D eigenvalue weighted by molar-refractivity contribution is 7.18. The van der Waals surface area contributed by atoms with Gasteiger partial charge >= 0.3 is 0 Å². The zero-order valence-electron chi connectivity index (χ0n) is 13.4. The summed E-state index contributed by atoms with van der Waals surface area (Å²) in [7, 11) is 0. The van der Waals surface area contributed by atoms with Crippen LogP contribution in [0, 0.1) is 13.8 Å². The Morgan fingerprint density at radius 1 is 1.30 bits per heavy atom. The molecule has 2 heterocycles. The van der Waals surface area contributed by atoms with Crippen molar-refractivity contribution >= 4 is 27.5 Å². The molecular formula is C17H20N4OS. The number of rotatable bonds is 6. The maximum Gasteiger partial charge on any atom is 0.220 e. The van der Waals surface area contributed by atoms with Gasteiger partial charge in [-0.2, -0.15) is 0 Å². The number of imidazole rings is 1. The lowest BCUT2D eigenvalue weighted by molar-refractivity contribution is -0.121.